The number of amides is 1. The fourth-order valence-electron chi connectivity index (χ4n) is 4.37. The van der Waals surface area contributed by atoms with Crippen LogP contribution in [0.3, 0.4) is 0 Å². The number of hydrogen-bond acceptors (Lipinski definition) is 5. The van der Waals surface area contributed by atoms with Gasteiger partial charge in [-0.15, -0.1) is 0 Å². The van der Waals surface area contributed by atoms with E-state index in [1.54, 1.807) is 4.68 Å². The maximum Gasteiger partial charge on any atom is 0.251 e. The van der Waals surface area contributed by atoms with Gasteiger partial charge in [0.25, 0.3) is 5.95 Å². The summed E-state index contributed by atoms with van der Waals surface area (Å²) in [5.41, 5.74) is 2.96. The highest BCUT2D eigenvalue weighted by Gasteiger charge is 2.33. The Bertz CT molecular complexity index is 1120. The van der Waals surface area contributed by atoms with E-state index in [-0.39, 0.29) is 18.5 Å². The maximum absolute atomic E-state index is 13.2. The molecular formula is C24H25ClN6O. The molecule has 5 rings (SSSR count). The third-order valence-electron chi connectivity index (χ3n) is 6.30. The van der Waals surface area contributed by atoms with E-state index in [9.17, 15) is 4.79 Å². The molecular weight excluding hydrogens is 424 g/mol. The first-order valence-electron chi connectivity index (χ1n) is 11.0. The van der Waals surface area contributed by atoms with Crippen LogP contribution in [-0.4, -0.2) is 50.6 Å². The van der Waals surface area contributed by atoms with Crippen molar-refractivity contribution in [3.8, 4) is 0 Å². The first kappa shape index (κ1) is 20.7. The van der Waals surface area contributed by atoms with Gasteiger partial charge in [0.05, 0.1) is 5.70 Å². The monoisotopic (exact) mass is 448 g/mol. The number of carbonyl (C=O) groups excluding carboxylic acids is 1. The predicted molar refractivity (Wildman–Crippen MR) is 124 cm³/mol. The SMILES string of the molecule is CC1CCN(C(=O)CN2C(c3ccccc3)=C[C@H](c3ccc(Cl)cc3)n3nnnc32)CC1. The number of aromatic nitrogens is 4. The Kier molecular flexibility index (Phi) is 5.66. The standard InChI is InChI=1S/C24H25ClN6O/c1-17-11-13-29(14-12-17)23(32)16-30-21(18-5-3-2-4-6-18)15-22(31-24(30)26-27-28-31)19-7-9-20(25)10-8-19/h2-10,15,17,22H,11-14,16H2,1H3/t22-/m1/s1. The van der Waals surface area contributed by atoms with Gasteiger partial charge in [-0.1, -0.05) is 66.1 Å². The number of benzene rings is 2. The van der Waals surface area contributed by atoms with Crippen LogP contribution in [0, 0.1) is 5.92 Å². The lowest BCUT2D eigenvalue weighted by molar-refractivity contribution is -0.130. The van der Waals surface area contributed by atoms with Crippen molar-refractivity contribution in [1.29, 1.82) is 0 Å². The van der Waals surface area contributed by atoms with Gasteiger partial charge in [0.2, 0.25) is 5.91 Å². The first-order chi connectivity index (χ1) is 15.6. The molecule has 1 saturated heterocycles. The lowest BCUT2D eigenvalue weighted by Gasteiger charge is -2.35. The van der Waals surface area contributed by atoms with Crippen LogP contribution < -0.4 is 4.90 Å². The van der Waals surface area contributed by atoms with Crippen LogP contribution in [0.1, 0.15) is 36.9 Å². The van der Waals surface area contributed by atoms with E-state index in [0.717, 1.165) is 42.8 Å². The molecule has 0 bridgehead atoms. The zero-order valence-corrected chi connectivity index (χ0v) is 18.7. The van der Waals surface area contributed by atoms with Crippen LogP contribution in [0.5, 0.6) is 0 Å². The van der Waals surface area contributed by atoms with Crippen molar-refractivity contribution >= 4 is 29.2 Å². The van der Waals surface area contributed by atoms with Crippen LogP contribution in [0.2, 0.25) is 5.02 Å². The highest BCUT2D eigenvalue weighted by Crippen LogP contribution is 2.36. The number of piperidine rings is 1. The normalized spacial score (nSPS) is 18.9. The van der Waals surface area contributed by atoms with Crippen LogP contribution >= 0.6 is 11.6 Å². The number of halogens is 1. The second-order valence-corrected chi connectivity index (χ2v) is 8.92. The lowest BCUT2D eigenvalue weighted by Crippen LogP contribution is -2.45. The van der Waals surface area contributed by atoms with E-state index in [1.807, 2.05) is 64.4 Å². The molecule has 2 aliphatic heterocycles. The summed E-state index contributed by atoms with van der Waals surface area (Å²) in [4.78, 5) is 17.1. The average Bonchev–Trinajstić information content (AvgIpc) is 3.31. The molecule has 7 nitrogen and oxygen atoms in total. The van der Waals surface area contributed by atoms with E-state index in [2.05, 4.69) is 28.5 Å². The third-order valence-corrected chi connectivity index (χ3v) is 6.55. The Labute approximate surface area is 192 Å². The molecule has 1 aromatic heterocycles. The number of fused-ring (bicyclic) bond motifs is 1. The molecule has 0 N–H and O–H groups in total. The average molecular weight is 449 g/mol. The molecule has 1 fully saturated rings. The largest absolute Gasteiger partial charge is 0.341 e. The van der Waals surface area contributed by atoms with Gasteiger partial charge < -0.3 is 4.90 Å². The van der Waals surface area contributed by atoms with Gasteiger partial charge in [0.15, 0.2) is 0 Å². The zero-order valence-electron chi connectivity index (χ0n) is 17.9. The van der Waals surface area contributed by atoms with E-state index < -0.39 is 0 Å². The Morgan fingerprint density at radius 1 is 1.06 bits per heavy atom. The molecule has 3 heterocycles. The number of carbonyl (C=O) groups is 1. The van der Waals surface area contributed by atoms with E-state index in [1.165, 1.54) is 0 Å². The quantitative estimate of drug-likeness (QED) is 0.602. The predicted octanol–water partition coefficient (Wildman–Crippen LogP) is 4.04. The summed E-state index contributed by atoms with van der Waals surface area (Å²) in [7, 11) is 0. The molecule has 32 heavy (non-hydrogen) atoms. The molecule has 8 heteroatoms. The number of tetrazole rings is 1. The second-order valence-electron chi connectivity index (χ2n) is 8.49. The summed E-state index contributed by atoms with van der Waals surface area (Å²) in [6.45, 7) is 4.05. The van der Waals surface area contributed by atoms with Crippen molar-refractivity contribution < 1.29 is 4.79 Å². The Hall–Kier alpha value is -3.19. The molecule has 0 radical (unpaired) electrons. The molecule has 2 aliphatic rings. The van der Waals surface area contributed by atoms with Gasteiger partial charge in [-0.2, -0.15) is 4.68 Å². The van der Waals surface area contributed by atoms with Crippen molar-refractivity contribution in [2.24, 2.45) is 5.92 Å². The number of allylic oxidation sites excluding steroid dienone is 1. The first-order valence-corrected chi connectivity index (χ1v) is 11.3. The fraction of sp³-hybridized carbons (Fsp3) is 0.333. The van der Waals surface area contributed by atoms with E-state index >= 15 is 0 Å². The van der Waals surface area contributed by atoms with Gasteiger partial charge in [0, 0.05) is 18.1 Å². The molecule has 164 valence electrons. The molecule has 3 aromatic rings. The van der Waals surface area contributed by atoms with Crippen molar-refractivity contribution in [2.75, 3.05) is 24.5 Å². The van der Waals surface area contributed by atoms with Gasteiger partial charge >= 0.3 is 0 Å². The van der Waals surface area contributed by atoms with Gasteiger partial charge in [-0.25, -0.2) is 0 Å². The lowest BCUT2D eigenvalue weighted by atomic mass is 9.99. The maximum atomic E-state index is 13.2. The van der Waals surface area contributed by atoms with Crippen LogP contribution in [-0.2, 0) is 4.79 Å². The molecule has 1 atom stereocenters. The zero-order chi connectivity index (χ0) is 22.1. The minimum Gasteiger partial charge on any atom is -0.341 e. The van der Waals surface area contributed by atoms with Gasteiger partial charge in [-0.05, 0) is 58.5 Å². The van der Waals surface area contributed by atoms with Crippen molar-refractivity contribution in [1.82, 2.24) is 25.1 Å². The summed E-state index contributed by atoms with van der Waals surface area (Å²) >= 11 is 6.10. The number of hydrogen-bond donors (Lipinski definition) is 0. The van der Waals surface area contributed by atoms with Crippen LogP contribution in [0.25, 0.3) is 5.70 Å². The number of rotatable bonds is 4. The van der Waals surface area contributed by atoms with Crippen molar-refractivity contribution in [2.45, 2.75) is 25.8 Å². The van der Waals surface area contributed by atoms with Crippen molar-refractivity contribution in [3.05, 3.63) is 76.8 Å². The second kappa shape index (κ2) is 8.74. The minimum atomic E-state index is -0.199. The summed E-state index contributed by atoms with van der Waals surface area (Å²) in [5, 5.41) is 13.2. The summed E-state index contributed by atoms with van der Waals surface area (Å²) in [6, 6.07) is 17.6. The van der Waals surface area contributed by atoms with E-state index in [0.29, 0.717) is 16.9 Å². The van der Waals surface area contributed by atoms with E-state index in [4.69, 9.17) is 11.6 Å². The van der Waals surface area contributed by atoms with Crippen LogP contribution in [0.15, 0.2) is 60.7 Å². The Balaban J connectivity index is 1.53. The summed E-state index contributed by atoms with van der Waals surface area (Å²) in [5.74, 6) is 1.32. The summed E-state index contributed by atoms with van der Waals surface area (Å²) < 4.78 is 1.77. The highest BCUT2D eigenvalue weighted by atomic mass is 35.5. The minimum absolute atomic E-state index is 0.0956. The third kappa shape index (κ3) is 4.00. The molecule has 2 aromatic carbocycles. The molecule has 0 aliphatic carbocycles. The molecule has 0 spiro atoms. The number of anilines is 1. The number of likely N-dealkylation sites (tertiary alicyclic amines) is 1. The fourth-order valence-corrected chi connectivity index (χ4v) is 4.50. The Morgan fingerprint density at radius 3 is 2.50 bits per heavy atom. The Morgan fingerprint density at radius 2 is 1.78 bits per heavy atom. The van der Waals surface area contributed by atoms with Gasteiger partial charge in [-0.3, -0.25) is 9.69 Å². The summed E-state index contributed by atoms with van der Waals surface area (Å²) in [6.07, 6.45) is 4.21. The van der Waals surface area contributed by atoms with Crippen LogP contribution in [0.4, 0.5) is 5.95 Å². The van der Waals surface area contributed by atoms with Crippen molar-refractivity contribution in [3.63, 3.8) is 0 Å². The topological polar surface area (TPSA) is 67.2 Å². The molecule has 0 unspecified atom stereocenters. The number of nitrogens with zero attached hydrogens (tertiary/aromatic N) is 6. The molecule has 0 saturated carbocycles. The smallest absolute Gasteiger partial charge is 0.251 e. The molecule has 1 amide bonds. The van der Waals surface area contributed by atoms with Gasteiger partial charge in [0.1, 0.15) is 12.6 Å². The highest BCUT2D eigenvalue weighted by molar-refractivity contribution is 6.30.